The highest BCUT2D eigenvalue weighted by atomic mass is 16.5. The molecule has 1 amide bonds. The van der Waals surface area contributed by atoms with E-state index in [-0.39, 0.29) is 11.9 Å². The molecule has 2 N–H and O–H groups in total. The molecule has 44 heavy (non-hydrogen) atoms. The van der Waals surface area contributed by atoms with E-state index in [0.29, 0.717) is 34.2 Å². The minimum Gasteiger partial charge on any atom is -0.496 e. The second-order valence-electron chi connectivity index (χ2n) is 12.3. The third kappa shape index (κ3) is 5.18. The summed E-state index contributed by atoms with van der Waals surface area (Å²) < 4.78 is 11.3. The molecule has 0 unspecified atom stereocenters. The van der Waals surface area contributed by atoms with Gasteiger partial charge in [-0.1, -0.05) is 5.16 Å². The van der Waals surface area contributed by atoms with E-state index in [9.17, 15) is 4.79 Å². The van der Waals surface area contributed by atoms with Crippen LogP contribution in [0.25, 0.3) is 49.2 Å². The van der Waals surface area contributed by atoms with Gasteiger partial charge in [0.25, 0.3) is 11.4 Å². The summed E-state index contributed by atoms with van der Waals surface area (Å²) >= 11 is 0. The highest BCUT2D eigenvalue weighted by Crippen LogP contribution is 2.42. The molecule has 1 aliphatic rings. The molecular weight excluding hydrogens is 554 g/mol. The van der Waals surface area contributed by atoms with Crippen molar-refractivity contribution in [2.45, 2.75) is 59.0 Å². The molecule has 10 heteroatoms. The predicted molar refractivity (Wildman–Crippen MR) is 171 cm³/mol. The number of hydrogen-bond acceptors (Lipinski definition) is 7. The Balaban J connectivity index is 1.54. The molecule has 0 bridgehead atoms. The number of piperidine rings is 1. The van der Waals surface area contributed by atoms with Gasteiger partial charge in [0, 0.05) is 53.0 Å². The highest BCUT2D eigenvalue weighted by molar-refractivity contribution is 6.14. The zero-order valence-corrected chi connectivity index (χ0v) is 26.3. The minimum absolute atomic E-state index is 0.112. The molecule has 0 atom stereocenters. The van der Waals surface area contributed by atoms with E-state index >= 15 is 0 Å². The number of aromatic amines is 1. The summed E-state index contributed by atoms with van der Waals surface area (Å²) in [5, 5.41) is 9.07. The molecule has 10 nitrogen and oxygen atoms in total. The Bertz CT molecular complexity index is 1940. The van der Waals surface area contributed by atoms with Gasteiger partial charge in [0.1, 0.15) is 23.0 Å². The maximum atomic E-state index is 13.7. The SMILES string of the molecule is [C-]#[N+]C(C)(C)c1cc(C(=O)NC2CCN(C)CC2)cc(-c2nc(C)nc3[nH]c4cc(-c5c(C)noc5C)c(OC)cc4c23)c1. The first kappa shape index (κ1) is 29.3. The number of hydrogen-bond donors (Lipinski definition) is 2. The predicted octanol–water partition coefficient (Wildman–Crippen LogP) is 6.35. The number of H-pyrrole nitrogens is 1. The molecule has 4 heterocycles. The molecule has 5 aromatic rings. The summed E-state index contributed by atoms with van der Waals surface area (Å²) in [5.74, 6) is 1.82. The minimum atomic E-state index is -0.841. The van der Waals surface area contributed by atoms with Gasteiger partial charge in [0.05, 0.1) is 29.4 Å². The van der Waals surface area contributed by atoms with Crippen molar-refractivity contribution in [2.75, 3.05) is 27.2 Å². The van der Waals surface area contributed by atoms with Gasteiger partial charge in [-0.05, 0) is 84.1 Å². The van der Waals surface area contributed by atoms with Crippen LogP contribution in [0.5, 0.6) is 5.75 Å². The number of methoxy groups -OCH3 is 1. The molecule has 0 spiro atoms. The normalized spacial score (nSPS) is 14.7. The monoisotopic (exact) mass is 591 g/mol. The largest absolute Gasteiger partial charge is 0.496 e. The van der Waals surface area contributed by atoms with E-state index in [0.717, 1.165) is 70.2 Å². The molecule has 1 aliphatic heterocycles. The fraction of sp³-hybridized carbons (Fsp3) is 0.382. The first-order valence-electron chi connectivity index (χ1n) is 14.8. The van der Waals surface area contributed by atoms with Gasteiger partial charge in [-0.2, -0.15) is 0 Å². The van der Waals surface area contributed by atoms with Crippen molar-refractivity contribution in [3.63, 3.8) is 0 Å². The standard InChI is InChI=1S/C34H37N7O3/c1-18-29(19(2)44-40-18)26-16-27-25(17-28(26)43-8)30-31(36-20(3)37-32(30)39-27)21-13-22(15-23(14-21)34(4,5)35-6)33(42)38-24-9-11-41(7)12-10-24/h13-17,24H,9-12H2,1-5,7-8H3,(H,38,42)(H,36,37,39). The van der Waals surface area contributed by atoms with E-state index in [4.69, 9.17) is 25.8 Å². The van der Waals surface area contributed by atoms with Crippen LogP contribution in [0.1, 0.15) is 59.9 Å². The van der Waals surface area contributed by atoms with Crippen molar-refractivity contribution in [3.05, 3.63) is 70.2 Å². The lowest BCUT2D eigenvalue weighted by Gasteiger charge is -2.29. The number of amides is 1. The molecular formula is C34H37N7O3. The number of carbonyl (C=O) groups excluding carboxylic acids is 1. The molecule has 1 saturated heterocycles. The molecule has 0 aliphatic carbocycles. The van der Waals surface area contributed by atoms with Crippen LogP contribution in [0, 0.1) is 27.3 Å². The molecule has 0 radical (unpaired) electrons. The van der Waals surface area contributed by atoms with Crippen LogP contribution in [0.4, 0.5) is 0 Å². The maximum absolute atomic E-state index is 13.7. The highest BCUT2D eigenvalue weighted by Gasteiger charge is 2.30. The molecule has 2 aromatic carbocycles. The van der Waals surface area contributed by atoms with Gasteiger partial charge in [-0.25, -0.2) is 16.5 Å². The molecule has 1 fully saturated rings. The second kappa shape index (κ2) is 11.1. The number of benzene rings is 2. The Morgan fingerprint density at radius 2 is 1.89 bits per heavy atom. The van der Waals surface area contributed by atoms with Gasteiger partial charge >= 0.3 is 0 Å². The van der Waals surface area contributed by atoms with Crippen LogP contribution in [-0.4, -0.2) is 64.2 Å². The Labute approximate surface area is 256 Å². The fourth-order valence-corrected chi connectivity index (χ4v) is 6.11. The number of likely N-dealkylation sites (tertiary alicyclic amines) is 1. The summed E-state index contributed by atoms with van der Waals surface area (Å²) in [6.45, 7) is 19.2. The summed E-state index contributed by atoms with van der Waals surface area (Å²) in [7, 11) is 3.74. The summed E-state index contributed by atoms with van der Waals surface area (Å²) in [5.41, 5.74) is 5.91. The average Bonchev–Trinajstić information content (AvgIpc) is 3.54. The second-order valence-corrected chi connectivity index (χ2v) is 12.3. The number of carbonyl (C=O) groups is 1. The van der Waals surface area contributed by atoms with E-state index in [2.05, 4.69) is 32.3 Å². The van der Waals surface area contributed by atoms with Crippen molar-refractivity contribution < 1.29 is 14.1 Å². The third-order valence-corrected chi connectivity index (χ3v) is 8.69. The topological polar surface area (TPSA) is 114 Å². The zero-order valence-electron chi connectivity index (χ0n) is 26.3. The number of ether oxygens (including phenoxy) is 1. The average molecular weight is 592 g/mol. The first-order chi connectivity index (χ1) is 21.0. The number of rotatable bonds is 6. The van der Waals surface area contributed by atoms with Crippen LogP contribution >= 0.6 is 0 Å². The Hall–Kier alpha value is -4.75. The van der Waals surface area contributed by atoms with E-state index in [1.807, 2.05) is 65.0 Å². The Morgan fingerprint density at radius 1 is 1.14 bits per heavy atom. The lowest BCUT2D eigenvalue weighted by molar-refractivity contribution is 0.0916. The van der Waals surface area contributed by atoms with Gasteiger partial charge in [-0.15, -0.1) is 0 Å². The zero-order chi connectivity index (χ0) is 31.3. The van der Waals surface area contributed by atoms with E-state index in [1.54, 1.807) is 7.11 Å². The summed E-state index contributed by atoms with van der Waals surface area (Å²) in [6, 6.07) is 9.81. The van der Waals surface area contributed by atoms with Gasteiger partial charge in [0.15, 0.2) is 0 Å². The van der Waals surface area contributed by atoms with Crippen LogP contribution in [0.15, 0.2) is 34.9 Å². The number of fused-ring (bicyclic) bond motifs is 3. The van der Waals surface area contributed by atoms with E-state index < -0.39 is 5.54 Å². The van der Waals surface area contributed by atoms with Crippen molar-refractivity contribution in [2.24, 2.45) is 0 Å². The lowest BCUT2D eigenvalue weighted by Crippen LogP contribution is -2.43. The first-order valence-corrected chi connectivity index (χ1v) is 14.8. The van der Waals surface area contributed by atoms with Crippen molar-refractivity contribution in [1.82, 2.24) is 30.3 Å². The van der Waals surface area contributed by atoms with Crippen molar-refractivity contribution in [1.29, 1.82) is 0 Å². The number of aryl methyl sites for hydroxylation is 3. The van der Waals surface area contributed by atoms with Crippen molar-refractivity contribution >= 4 is 27.8 Å². The third-order valence-electron chi connectivity index (χ3n) is 8.69. The van der Waals surface area contributed by atoms with Gasteiger partial charge < -0.3 is 29.3 Å². The quantitative estimate of drug-likeness (QED) is 0.221. The Morgan fingerprint density at radius 3 is 2.55 bits per heavy atom. The Kier molecular flexibility index (Phi) is 7.38. The van der Waals surface area contributed by atoms with Crippen LogP contribution in [0.2, 0.25) is 0 Å². The molecule has 0 saturated carbocycles. The number of aromatic nitrogens is 4. The van der Waals surface area contributed by atoms with E-state index in [1.165, 1.54) is 0 Å². The molecule has 226 valence electrons. The van der Waals surface area contributed by atoms with Gasteiger partial charge in [0.2, 0.25) is 0 Å². The maximum Gasteiger partial charge on any atom is 0.252 e. The summed E-state index contributed by atoms with van der Waals surface area (Å²) in [6.07, 6.45) is 1.81. The van der Waals surface area contributed by atoms with Crippen LogP contribution in [-0.2, 0) is 5.54 Å². The summed E-state index contributed by atoms with van der Waals surface area (Å²) in [4.78, 5) is 33.0. The lowest BCUT2D eigenvalue weighted by atomic mass is 9.90. The number of nitrogens with zero attached hydrogens (tertiary/aromatic N) is 5. The van der Waals surface area contributed by atoms with Crippen LogP contribution in [0.3, 0.4) is 0 Å². The van der Waals surface area contributed by atoms with Crippen LogP contribution < -0.4 is 10.1 Å². The molecule has 3 aromatic heterocycles. The number of nitrogens with one attached hydrogen (secondary N) is 2. The smallest absolute Gasteiger partial charge is 0.252 e. The fourth-order valence-electron chi connectivity index (χ4n) is 6.11. The van der Waals surface area contributed by atoms with Crippen molar-refractivity contribution in [3.8, 4) is 28.1 Å². The molecule has 6 rings (SSSR count). The van der Waals surface area contributed by atoms with Gasteiger partial charge in [-0.3, -0.25) is 4.79 Å².